The summed E-state index contributed by atoms with van der Waals surface area (Å²) in [6.07, 6.45) is 4.32. The summed E-state index contributed by atoms with van der Waals surface area (Å²) in [5.41, 5.74) is 0.935. The minimum absolute atomic E-state index is 0.0379. The van der Waals surface area contributed by atoms with Gasteiger partial charge < -0.3 is 24.4 Å². The maximum atomic E-state index is 16.9. The Balaban J connectivity index is 1.48. The first-order valence-corrected chi connectivity index (χ1v) is 15.9. The van der Waals surface area contributed by atoms with Crippen LogP contribution in [0.5, 0.6) is 11.8 Å². The van der Waals surface area contributed by atoms with Crippen molar-refractivity contribution in [3.05, 3.63) is 53.3 Å². The van der Waals surface area contributed by atoms with Gasteiger partial charge in [-0.05, 0) is 93.1 Å². The van der Waals surface area contributed by atoms with Gasteiger partial charge in [0.15, 0.2) is 5.82 Å². The van der Waals surface area contributed by atoms with Crippen molar-refractivity contribution >= 4 is 39.1 Å². The summed E-state index contributed by atoms with van der Waals surface area (Å²) >= 11 is 6.92. The van der Waals surface area contributed by atoms with Gasteiger partial charge in [-0.15, -0.1) is 0 Å². The van der Waals surface area contributed by atoms with Crippen LogP contribution in [-0.4, -0.2) is 73.5 Å². The van der Waals surface area contributed by atoms with E-state index in [-0.39, 0.29) is 39.4 Å². The number of phenols is 1. The van der Waals surface area contributed by atoms with Gasteiger partial charge >= 0.3 is 6.01 Å². The van der Waals surface area contributed by atoms with Crippen LogP contribution >= 0.6 is 11.6 Å². The molecule has 4 aromatic rings. The highest BCUT2D eigenvalue weighted by molar-refractivity contribution is 6.35. The number of fused-ring (bicyclic) bond motifs is 2. The second-order valence-corrected chi connectivity index (χ2v) is 13.8. The first-order valence-electron chi connectivity index (χ1n) is 15.5. The van der Waals surface area contributed by atoms with Crippen molar-refractivity contribution in [2.75, 3.05) is 52.3 Å². The van der Waals surface area contributed by atoms with E-state index in [1.54, 1.807) is 25.3 Å². The van der Waals surface area contributed by atoms with Gasteiger partial charge in [-0.25, -0.2) is 4.39 Å². The fourth-order valence-corrected chi connectivity index (χ4v) is 7.31. The SMILES string of the molecule is COC(C)CC1CC(C)CN(c2nc(OCC3(CN(C)C)CC3)nc3c(F)c(-c4cc(O)cc5ccccc45)c(Cl)cc23)C1. The molecule has 7 nitrogen and oxygen atoms in total. The highest BCUT2D eigenvalue weighted by atomic mass is 35.5. The summed E-state index contributed by atoms with van der Waals surface area (Å²) in [5.74, 6) is 0.935. The van der Waals surface area contributed by atoms with Crippen LogP contribution in [0.3, 0.4) is 0 Å². The summed E-state index contributed by atoms with van der Waals surface area (Å²) in [4.78, 5) is 14.0. The molecule has 3 aromatic carbocycles. The molecular formula is C35H42ClFN4O3. The van der Waals surface area contributed by atoms with E-state index < -0.39 is 5.82 Å². The van der Waals surface area contributed by atoms with E-state index in [1.807, 2.05) is 24.3 Å². The normalized spacial score (nSPS) is 20.4. The van der Waals surface area contributed by atoms with Crippen molar-refractivity contribution in [3.63, 3.8) is 0 Å². The largest absolute Gasteiger partial charge is 0.508 e. The second-order valence-electron chi connectivity index (χ2n) is 13.4. The Morgan fingerprint density at radius 3 is 2.64 bits per heavy atom. The van der Waals surface area contributed by atoms with Gasteiger partial charge in [0.05, 0.1) is 17.7 Å². The lowest BCUT2D eigenvalue weighted by Gasteiger charge is -2.38. The van der Waals surface area contributed by atoms with E-state index in [4.69, 9.17) is 26.1 Å². The van der Waals surface area contributed by atoms with Crippen LogP contribution in [0, 0.1) is 23.1 Å². The third-order valence-electron chi connectivity index (χ3n) is 9.19. The molecule has 1 N–H and O–H groups in total. The van der Waals surface area contributed by atoms with Gasteiger partial charge in [0.1, 0.15) is 17.1 Å². The third-order valence-corrected chi connectivity index (χ3v) is 9.49. The molecule has 3 atom stereocenters. The molecule has 2 heterocycles. The highest BCUT2D eigenvalue weighted by Crippen LogP contribution is 2.47. The lowest BCUT2D eigenvalue weighted by Crippen LogP contribution is -2.41. The first kappa shape index (κ1) is 30.8. The monoisotopic (exact) mass is 620 g/mol. The van der Waals surface area contributed by atoms with E-state index in [9.17, 15) is 5.11 Å². The number of nitrogens with zero attached hydrogens (tertiary/aromatic N) is 4. The van der Waals surface area contributed by atoms with E-state index in [2.05, 4.69) is 42.7 Å². The lowest BCUT2D eigenvalue weighted by molar-refractivity contribution is 0.0886. The van der Waals surface area contributed by atoms with Crippen LogP contribution in [0.2, 0.25) is 5.02 Å². The van der Waals surface area contributed by atoms with Crippen molar-refractivity contribution in [2.24, 2.45) is 17.3 Å². The summed E-state index contributed by atoms with van der Waals surface area (Å²) in [5, 5.41) is 12.9. The number of rotatable bonds is 10. The van der Waals surface area contributed by atoms with Crippen LogP contribution in [-0.2, 0) is 4.74 Å². The van der Waals surface area contributed by atoms with Crippen molar-refractivity contribution in [1.82, 2.24) is 14.9 Å². The minimum atomic E-state index is -0.555. The number of phenolic OH excluding ortho intramolecular Hbond substituents is 1. The van der Waals surface area contributed by atoms with Crippen molar-refractivity contribution in [3.8, 4) is 22.9 Å². The molecule has 44 heavy (non-hydrogen) atoms. The number of methoxy groups -OCH3 is 1. The highest BCUT2D eigenvalue weighted by Gasteiger charge is 2.44. The van der Waals surface area contributed by atoms with E-state index in [0.29, 0.717) is 35.2 Å². The summed E-state index contributed by atoms with van der Waals surface area (Å²) in [6, 6.07) is 12.7. The quantitative estimate of drug-likeness (QED) is 0.196. The molecule has 0 bridgehead atoms. The van der Waals surface area contributed by atoms with Crippen LogP contribution in [0.1, 0.15) is 39.5 Å². The molecule has 2 fully saturated rings. The van der Waals surface area contributed by atoms with E-state index in [0.717, 1.165) is 56.1 Å². The molecule has 9 heteroatoms. The van der Waals surface area contributed by atoms with Gasteiger partial charge in [-0.1, -0.05) is 42.8 Å². The van der Waals surface area contributed by atoms with Crippen molar-refractivity contribution in [2.45, 2.75) is 45.6 Å². The number of hydrogen-bond donors (Lipinski definition) is 1. The Bertz CT molecular complexity index is 1680. The zero-order valence-corrected chi connectivity index (χ0v) is 27.0. The lowest BCUT2D eigenvalue weighted by atomic mass is 9.86. The molecule has 1 aliphatic carbocycles. The predicted molar refractivity (Wildman–Crippen MR) is 175 cm³/mol. The van der Waals surface area contributed by atoms with Crippen LogP contribution < -0.4 is 9.64 Å². The molecule has 1 aliphatic heterocycles. The number of hydrogen-bond acceptors (Lipinski definition) is 7. The summed E-state index contributed by atoms with van der Waals surface area (Å²) in [7, 11) is 5.88. The molecule has 1 saturated heterocycles. The Labute approximate surface area is 263 Å². The zero-order chi connectivity index (χ0) is 31.2. The smallest absolute Gasteiger partial charge is 0.319 e. The number of benzene rings is 3. The molecule has 1 saturated carbocycles. The van der Waals surface area contributed by atoms with Crippen LogP contribution in [0.4, 0.5) is 10.2 Å². The maximum absolute atomic E-state index is 16.9. The molecule has 0 radical (unpaired) electrons. The standard InChI is InChI=1S/C35H42ClFN4O3/c1-21-12-23(13-22(2)43-5)18-41(17-21)33-28-16-29(36)30(27-15-25(42)14-24-8-6-7-9-26(24)27)31(37)32(28)38-34(39-33)44-20-35(10-11-35)19-40(3)4/h6-9,14-16,21-23,42H,10-13,17-20H2,1-5H3. The molecule has 1 aromatic heterocycles. The molecular weight excluding hydrogens is 579 g/mol. The van der Waals surface area contributed by atoms with Crippen molar-refractivity contribution in [1.29, 1.82) is 0 Å². The Morgan fingerprint density at radius 1 is 1.14 bits per heavy atom. The molecule has 0 spiro atoms. The number of ether oxygens (including phenoxy) is 2. The fourth-order valence-electron chi connectivity index (χ4n) is 7.02. The van der Waals surface area contributed by atoms with E-state index in [1.165, 1.54) is 0 Å². The average Bonchev–Trinajstić information content (AvgIpc) is 3.74. The minimum Gasteiger partial charge on any atom is -0.508 e. The van der Waals surface area contributed by atoms with Crippen LogP contribution in [0.15, 0.2) is 42.5 Å². The zero-order valence-electron chi connectivity index (χ0n) is 26.2. The topological polar surface area (TPSA) is 71.0 Å². The maximum Gasteiger partial charge on any atom is 0.319 e. The van der Waals surface area contributed by atoms with Crippen molar-refractivity contribution < 1.29 is 19.0 Å². The van der Waals surface area contributed by atoms with Gasteiger partial charge in [0.2, 0.25) is 0 Å². The molecule has 2 aliphatic rings. The number of anilines is 1. The first-order chi connectivity index (χ1) is 21.1. The Kier molecular flexibility index (Phi) is 8.61. The molecule has 6 rings (SSSR count). The molecule has 234 valence electrons. The van der Waals surface area contributed by atoms with Gasteiger partial charge in [-0.3, -0.25) is 0 Å². The number of aromatic hydroxyl groups is 1. The van der Waals surface area contributed by atoms with Gasteiger partial charge in [-0.2, -0.15) is 9.97 Å². The Hall–Kier alpha value is -3.20. The number of aromatic nitrogens is 2. The molecule has 0 amide bonds. The predicted octanol–water partition coefficient (Wildman–Crippen LogP) is 7.56. The Morgan fingerprint density at radius 2 is 1.91 bits per heavy atom. The number of piperidine rings is 1. The third kappa shape index (κ3) is 6.30. The van der Waals surface area contributed by atoms with Gasteiger partial charge in [0.25, 0.3) is 0 Å². The summed E-state index contributed by atoms with van der Waals surface area (Å²) in [6.45, 7) is 7.28. The second kappa shape index (κ2) is 12.3. The van der Waals surface area contributed by atoms with E-state index >= 15 is 4.39 Å². The van der Waals surface area contributed by atoms with Crippen LogP contribution in [0.25, 0.3) is 32.8 Å². The molecule has 3 unspecified atom stereocenters. The fraction of sp³-hybridized carbons (Fsp3) is 0.486. The number of halogens is 2. The van der Waals surface area contributed by atoms with Gasteiger partial charge in [0, 0.05) is 43.1 Å². The average molecular weight is 621 g/mol. The summed E-state index contributed by atoms with van der Waals surface area (Å²) < 4.78 is 28.8.